The van der Waals surface area contributed by atoms with E-state index in [2.05, 4.69) is 15.6 Å². The number of aryl methyl sites for hydroxylation is 2. The molecule has 5 nitrogen and oxygen atoms in total. The molecule has 1 aromatic heterocycles. The van der Waals surface area contributed by atoms with Gasteiger partial charge in [-0.15, -0.1) is 22.9 Å². The number of amides is 2. The third-order valence-corrected chi connectivity index (χ3v) is 8.49. The second-order valence-electron chi connectivity index (χ2n) is 9.22. The molecule has 0 aromatic carbocycles. The van der Waals surface area contributed by atoms with E-state index < -0.39 is 0 Å². The Balaban J connectivity index is 1.19. The molecule has 2 amide bonds. The van der Waals surface area contributed by atoms with E-state index in [9.17, 15) is 9.59 Å². The lowest BCUT2D eigenvalue weighted by atomic mass is 9.49. The number of fused-ring (bicyclic) bond motifs is 1. The molecule has 1 heterocycles. The molecule has 6 rings (SSSR count). The van der Waals surface area contributed by atoms with Crippen molar-refractivity contribution in [3.05, 3.63) is 10.6 Å². The third kappa shape index (κ3) is 3.29. The molecular formula is C20H26ClN3O2S. The molecule has 4 bridgehead atoms. The number of hydrogen-bond acceptors (Lipinski definition) is 4. The zero-order valence-electron chi connectivity index (χ0n) is 15.5. The van der Waals surface area contributed by atoms with Gasteiger partial charge >= 0.3 is 0 Å². The van der Waals surface area contributed by atoms with Crippen LogP contribution in [0.25, 0.3) is 0 Å². The SMILES string of the molecule is O=C(CNC(=O)C12C[C@@H]3C[C@@H](CC(Cl)(C3)C1)C2)Nc1nc2c(s1)CCCC2. The van der Waals surface area contributed by atoms with E-state index in [1.807, 2.05) is 0 Å². The van der Waals surface area contributed by atoms with Crippen LogP contribution >= 0.6 is 22.9 Å². The number of rotatable bonds is 4. The molecular weight excluding hydrogens is 382 g/mol. The first kappa shape index (κ1) is 17.9. The minimum Gasteiger partial charge on any atom is -0.347 e. The molecule has 27 heavy (non-hydrogen) atoms. The largest absolute Gasteiger partial charge is 0.347 e. The number of halogens is 1. The number of aromatic nitrogens is 1. The van der Waals surface area contributed by atoms with Crippen molar-refractivity contribution in [1.82, 2.24) is 10.3 Å². The summed E-state index contributed by atoms with van der Waals surface area (Å²) in [6, 6.07) is 0. The summed E-state index contributed by atoms with van der Waals surface area (Å²) >= 11 is 8.39. The molecule has 0 radical (unpaired) electrons. The highest BCUT2D eigenvalue weighted by Gasteiger charge is 2.60. The van der Waals surface area contributed by atoms with Crippen LogP contribution in [0.4, 0.5) is 5.13 Å². The molecule has 4 fully saturated rings. The van der Waals surface area contributed by atoms with Gasteiger partial charge in [-0.1, -0.05) is 0 Å². The maximum atomic E-state index is 13.0. The summed E-state index contributed by atoms with van der Waals surface area (Å²) in [5, 5.41) is 6.43. The van der Waals surface area contributed by atoms with E-state index in [0.717, 1.165) is 50.6 Å². The smallest absolute Gasteiger partial charge is 0.245 e. The van der Waals surface area contributed by atoms with Crippen LogP contribution in [0.5, 0.6) is 0 Å². The highest BCUT2D eigenvalue weighted by Crippen LogP contribution is 2.63. The molecule has 2 unspecified atom stereocenters. The van der Waals surface area contributed by atoms with Crippen LogP contribution in [-0.2, 0) is 22.4 Å². The lowest BCUT2D eigenvalue weighted by molar-refractivity contribution is -0.145. The van der Waals surface area contributed by atoms with Crippen LogP contribution in [0.3, 0.4) is 0 Å². The number of thiazole rings is 1. The van der Waals surface area contributed by atoms with Crippen LogP contribution in [0.1, 0.15) is 61.9 Å². The second-order valence-corrected chi connectivity index (χ2v) is 11.1. The molecule has 146 valence electrons. The predicted octanol–water partition coefficient (Wildman–Crippen LogP) is 3.65. The Bertz CT molecular complexity index is 755. The van der Waals surface area contributed by atoms with Crippen molar-refractivity contribution in [2.45, 2.75) is 69.1 Å². The monoisotopic (exact) mass is 407 g/mol. The average Bonchev–Trinajstić information content (AvgIpc) is 2.99. The summed E-state index contributed by atoms with van der Waals surface area (Å²) < 4.78 is 0. The molecule has 0 spiro atoms. The number of anilines is 1. The lowest BCUT2D eigenvalue weighted by Crippen LogP contribution is -2.58. The van der Waals surface area contributed by atoms with Crippen molar-refractivity contribution in [3.8, 4) is 0 Å². The summed E-state index contributed by atoms with van der Waals surface area (Å²) in [5.41, 5.74) is 0.776. The third-order valence-electron chi connectivity index (χ3n) is 6.97. The summed E-state index contributed by atoms with van der Waals surface area (Å²) in [5.74, 6) is 0.977. The molecule has 4 saturated carbocycles. The molecule has 0 aliphatic heterocycles. The van der Waals surface area contributed by atoms with Gasteiger partial charge in [0, 0.05) is 9.75 Å². The Morgan fingerprint density at radius 3 is 2.59 bits per heavy atom. The van der Waals surface area contributed by atoms with Gasteiger partial charge in [0.25, 0.3) is 0 Å². The number of nitrogens with one attached hydrogen (secondary N) is 2. The number of nitrogens with zero attached hydrogens (tertiary/aromatic N) is 1. The van der Waals surface area contributed by atoms with Crippen LogP contribution < -0.4 is 10.6 Å². The highest BCUT2D eigenvalue weighted by atomic mass is 35.5. The molecule has 7 heteroatoms. The Kier molecular flexibility index (Phi) is 4.28. The number of alkyl halides is 1. The summed E-state index contributed by atoms with van der Waals surface area (Å²) in [6.07, 6.45) is 10.4. The van der Waals surface area contributed by atoms with Crippen LogP contribution in [-0.4, -0.2) is 28.2 Å². The maximum absolute atomic E-state index is 13.0. The van der Waals surface area contributed by atoms with Gasteiger partial charge in [-0.25, -0.2) is 4.98 Å². The van der Waals surface area contributed by atoms with Gasteiger partial charge in [-0.3, -0.25) is 9.59 Å². The molecule has 1 aromatic rings. The highest BCUT2D eigenvalue weighted by molar-refractivity contribution is 7.15. The summed E-state index contributed by atoms with van der Waals surface area (Å²) in [4.78, 5) is 31.0. The Hall–Kier alpha value is -1.14. The van der Waals surface area contributed by atoms with E-state index in [1.165, 1.54) is 24.1 Å². The van der Waals surface area contributed by atoms with Crippen molar-refractivity contribution in [2.75, 3.05) is 11.9 Å². The Labute approximate surface area is 168 Å². The van der Waals surface area contributed by atoms with Gasteiger partial charge in [0.15, 0.2) is 5.13 Å². The normalized spacial score (nSPS) is 36.3. The Morgan fingerprint density at radius 1 is 1.15 bits per heavy atom. The molecule has 5 aliphatic carbocycles. The Morgan fingerprint density at radius 2 is 1.89 bits per heavy atom. The molecule has 0 saturated heterocycles. The van der Waals surface area contributed by atoms with Crippen molar-refractivity contribution < 1.29 is 9.59 Å². The molecule has 4 atom stereocenters. The fraction of sp³-hybridized carbons (Fsp3) is 0.750. The topological polar surface area (TPSA) is 71.1 Å². The second kappa shape index (κ2) is 6.45. The van der Waals surface area contributed by atoms with Crippen molar-refractivity contribution in [2.24, 2.45) is 17.3 Å². The van der Waals surface area contributed by atoms with E-state index >= 15 is 0 Å². The van der Waals surface area contributed by atoms with Gasteiger partial charge < -0.3 is 10.6 Å². The van der Waals surface area contributed by atoms with Crippen LogP contribution in [0.15, 0.2) is 0 Å². The minimum absolute atomic E-state index is 0.00937. The summed E-state index contributed by atoms with van der Waals surface area (Å²) in [6.45, 7) is 0.00937. The fourth-order valence-electron chi connectivity index (χ4n) is 6.33. The molecule has 5 aliphatic rings. The lowest BCUT2D eigenvalue weighted by Gasteiger charge is -2.59. The first-order valence-electron chi connectivity index (χ1n) is 10.2. The van der Waals surface area contributed by atoms with Crippen molar-refractivity contribution in [3.63, 3.8) is 0 Å². The van der Waals surface area contributed by atoms with Crippen LogP contribution in [0, 0.1) is 17.3 Å². The van der Waals surface area contributed by atoms with Gasteiger partial charge in [0.05, 0.1) is 17.7 Å². The molecule has 2 N–H and O–H groups in total. The van der Waals surface area contributed by atoms with Gasteiger partial charge in [-0.05, 0) is 76.0 Å². The quantitative estimate of drug-likeness (QED) is 0.748. The zero-order chi connectivity index (χ0) is 18.6. The van der Waals surface area contributed by atoms with E-state index in [4.69, 9.17) is 11.6 Å². The average molecular weight is 408 g/mol. The van der Waals surface area contributed by atoms with Crippen molar-refractivity contribution in [1.29, 1.82) is 0 Å². The van der Waals surface area contributed by atoms with Gasteiger partial charge in [0.1, 0.15) is 0 Å². The van der Waals surface area contributed by atoms with Crippen LogP contribution in [0.2, 0.25) is 0 Å². The minimum atomic E-state index is -0.355. The number of carbonyl (C=O) groups is 2. The standard InChI is InChI=1S/C20H26ClN3O2S/c21-20-8-12-5-13(9-20)7-19(6-12,11-20)17(26)22-10-16(25)24-18-23-14-3-1-2-4-15(14)27-18/h12-13H,1-11H2,(H,22,26)(H,23,24,25)/t12-,13+,19?,20?. The van der Waals surface area contributed by atoms with E-state index in [0.29, 0.717) is 17.0 Å². The van der Waals surface area contributed by atoms with Crippen molar-refractivity contribution >= 4 is 39.9 Å². The predicted molar refractivity (Wildman–Crippen MR) is 106 cm³/mol. The first-order chi connectivity index (χ1) is 12.9. The number of hydrogen-bond donors (Lipinski definition) is 2. The van der Waals surface area contributed by atoms with Gasteiger partial charge in [0.2, 0.25) is 11.8 Å². The van der Waals surface area contributed by atoms with E-state index in [1.54, 1.807) is 11.3 Å². The fourth-order valence-corrected chi connectivity index (χ4v) is 8.09. The maximum Gasteiger partial charge on any atom is 0.245 e. The number of carbonyl (C=O) groups excluding carboxylic acids is 2. The van der Waals surface area contributed by atoms with Gasteiger partial charge in [-0.2, -0.15) is 0 Å². The first-order valence-corrected chi connectivity index (χ1v) is 11.4. The summed E-state index contributed by atoms with van der Waals surface area (Å²) in [7, 11) is 0. The zero-order valence-corrected chi connectivity index (χ0v) is 17.1. The van der Waals surface area contributed by atoms with E-state index in [-0.39, 0.29) is 28.6 Å².